The second-order valence-corrected chi connectivity index (χ2v) is 9.69. The first kappa shape index (κ1) is 24.4. The van der Waals surface area contributed by atoms with Gasteiger partial charge in [-0.2, -0.15) is 13.2 Å². The number of rotatable bonds is 4. The number of nitrogens with one attached hydrogen (secondary N) is 1. The number of halogens is 5. The zero-order valence-electron chi connectivity index (χ0n) is 19.3. The van der Waals surface area contributed by atoms with Crippen LogP contribution < -0.4 is 5.32 Å². The van der Waals surface area contributed by atoms with Crippen molar-refractivity contribution in [2.24, 2.45) is 4.99 Å². The largest absolute Gasteiger partial charge is 0.417 e. The first-order valence-electron chi connectivity index (χ1n) is 11.5. The quantitative estimate of drug-likeness (QED) is 0.286. The summed E-state index contributed by atoms with van der Waals surface area (Å²) in [7, 11) is 0. The maximum atomic E-state index is 14.6. The van der Waals surface area contributed by atoms with E-state index >= 15 is 0 Å². The van der Waals surface area contributed by atoms with Gasteiger partial charge in [0, 0.05) is 33.6 Å². The Bertz CT molecular complexity index is 1400. The topological polar surface area (TPSA) is 50.2 Å². The number of anilines is 1. The van der Waals surface area contributed by atoms with Crippen LogP contribution in [0.25, 0.3) is 17.5 Å². The molecule has 2 aromatic carbocycles. The molecule has 2 aliphatic rings. The number of nitrogens with zero attached hydrogens (tertiary/aromatic N) is 3. The van der Waals surface area contributed by atoms with Crippen molar-refractivity contribution in [1.82, 2.24) is 9.97 Å². The number of thioether (sulfide) groups is 1. The average molecular weight is 517 g/mol. The average Bonchev–Trinajstić information content (AvgIpc) is 3.20. The molecule has 0 spiro atoms. The minimum atomic E-state index is -4.60. The fourth-order valence-electron chi connectivity index (χ4n) is 4.35. The highest BCUT2D eigenvalue weighted by molar-refractivity contribution is 8.00. The number of alkyl halides is 3. The van der Waals surface area contributed by atoms with Crippen molar-refractivity contribution in [3.8, 4) is 11.4 Å². The SMILES string of the molecule is CCC1C=Cc2c(NC3=NC(CC)c4c(F)cc(F)cc43)nc(-c3ccccc3C(F)(F)F)nc2S1. The van der Waals surface area contributed by atoms with Gasteiger partial charge in [0.2, 0.25) is 0 Å². The van der Waals surface area contributed by atoms with E-state index in [1.807, 2.05) is 26.0 Å². The summed E-state index contributed by atoms with van der Waals surface area (Å²) in [6.45, 7) is 3.85. The van der Waals surface area contributed by atoms with Crippen molar-refractivity contribution < 1.29 is 22.0 Å². The molecule has 2 unspecified atom stereocenters. The Morgan fingerprint density at radius 1 is 1.00 bits per heavy atom. The van der Waals surface area contributed by atoms with Crippen LogP contribution in [0, 0.1) is 11.6 Å². The van der Waals surface area contributed by atoms with Crippen LogP contribution in [-0.2, 0) is 6.18 Å². The first-order valence-corrected chi connectivity index (χ1v) is 12.3. The van der Waals surface area contributed by atoms with Crippen LogP contribution in [0.5, 0.6) is 0 Å². The van der Waals surface area contributed by atoms with E-state index in [2.05, 4.69) is 20.3 Å². The molecule has 3 aromatic rings. The summed E-state index contributed by atoms with van der Waals surface area (Å²) in [4.78, 5) is 13.5. The number of amidine groups is 1. The predicted molar refractivity (Wildman–Crippen MR) is 131 cm³/mol. The summed E-state index contributed by atoms with van der Waals surface area (Å²) in [5.74, 6) is -1.11. The Balaban J connectivity index is 1.66. The van der Waals surface area contributed by atoms with Crippen LogP contribution in [0.3, 0.4) is 0 Å². The number of hydrogen-bond acceptors (Lipinski definition) is 5. The highest BCUT2D eigenvalue weighted by Gasteiger charge is 2.35. The van der Waals surface area contributed by atoms with Crippen LogP contribution in [0.1, 0.15) is 55.0 Å². The third-order valence-corrected chi connectivity index (χ3v) is 7.45. The molecule has 1 N–H and O–H groups in total. The lowest BCUT2D eigenvalue weighted by Gasteiger charge is -2.21. The maximum Gasteiger partial charge on any atom is 0.417 e. The van der Waals surface area contributed by atoms with Crippen LogP contribution >= 0.6 is 11.8 Å². The normalized spacial score (nSPS) is 18.6. The van der Waals surface area contributed by atoms with Gasteiger partial charge in [-0.3, -0.25) is 4.99 Å². The second kappa shape index (κ2) is 9.31. The molecule has 0 saturated heterocycles. The number of hydrogen-bond donors (Lipinski definition) is 1. The third kappa shape index (κ3) is 4.38. The Labute approximate surface area is 208 Å². The van der Waals surface area contributed by atoms with E-state index < -0.39 is 29.4 Å². The van der Waals surface area contributed by atoms with Crippen LogP contribution in [0.2, 0.25) is 0 Å². The number of fused-ring (bicyclic) bond motifs is 2. The summed E-state index contributed by atoms with van der Waals surface area (Å²) in [6, 6.07) is 6.63. The molecule has 10 heteroatoms. The minimum Gasteiger partial charge on any atom is -0.324 e. The Morgan fingerprint density at radius 3 is 2.50 bits per heavy atom. The van der Waals surface area contributed by atoms with E-state index in [-0.39, 0.29) is 39.4 Å². The van der Waals surface area contributed by atoms with Crippen molar-refractivity contribution in [3.63, 3.8) is 0 Å². The molecule has 0 bridgehead atoms. The Kier molecular flexibility index (Phi) is 6.32. The van der Waals surface area contributed by atoms with Crippen LogP contribution in [0.4, 0.5) is 27.8 Å². The van der Waals surface area contributed by atoms with Crippen molar-refractivity contribution in [3.05, 3.63) is 76.4 Å². The van der Waals surface area contributed by atoms with Gasteiger partial charge in [0.15, 0.2) is 5.82 Å². The third-order valence-electron chi connectivity index (χ3n) is 6.12. The lowest BCUT2D eigenvalue weighted by atomic mass is 10.0. The number of aromatic nitrogens is 2. The lowest BCUT2D eigenvalue weighted by molar-refractivity contribution is -0.137. The van der Waals surface area contributed by atoms with E-state index in [0.717, 1.165) is 18.6 Å². The smallest absolute Gasteiger partial charge is 0.324 e. The Morgan fingerprint density at radius 2 is 1.78 bits per heavy atom. The van der Waals surface area contributed by atoms with Gasteiger partial charge >= 0.3 is 6.18 Å². The van der Waals surface area contributed by atoms with Crippen molar-refractivity contribution in [1.29, 1.82) is 0 Å². The first-order chi connectivity index (χ1) is 17.2. The number of aliphatic imine (C=N–C) groups is 1. The van der Waals surface area contributed by atoms with Crippen LogP contribution in [-0.4, -0.2) is 21.1 Å². The van der Waals surface area contributed by atoms with E-state index in [0.29, 0.717) is 17.0 Å². The molecule has 0 aliphatic carbocycles. The van der Waals surface area contributed by atoms with E-state index in [1.165, 1.54) is 36.0 Å². The summed E-state index contributed by atoms with van der Waals surface area (Å²) < 4.78 is 70.0. The van der Waals surface area contributed by atoms with E-state index in [1.54, 1.807) is 0 Å². The van der Waals surface area contributed by atoms with Gasteiger partial charge in [0.1, 0.15) is 28.3 Å². The molecule has 1 aromatic heterocycles. The zero-order chi connectivity index (χ0) is 25.6. The molecule has 186 valence electrons. The summed E-state index contributed by atoms with van der Waals surface area (Å²) in [6.07, 6.45) is 0.491. The van der Waals surface area contributed by atoms with Crippen LogP contribution in [0.15, 0.2) is 52.5 Å². The minimum absolute atomic E-state index is 0.0990. The molecule has 2 aliphatic heterocycles. The van der Waals surface area contributed by atoms with Gasteiger partial charge < -0.3 is 5.32 Å². The standard InChI is InChI=1S/C26H21F5N4S/c1-3-14-9-10-16-23(34-24-17-11-13(27)12-19(28)21(17)20(4-2)32-24)33-22(35-25(16)36-14)15-7-5-6-8-18(15)26(29,30)31/h5-12,14,20H,3-4H2,1-2H3,(H,32,33,34,35). The Hall–Kier alpha value is -3.27. The molecule has 5 rings (SSSR count). The lowest BCUT2D eigenvalue weighted by Crippen LogP contribution is -2.17. The van der Waals surface area contributed by atoms with Crippen molar-refractivity contribution in [2.45, 2.75) is 49.2 Å². The fourth-order valence-corrected chi connectivity index (χ4v) is 5.39. The van der Waals surface area contributed by atoms with Gasteiger partial charge in [-0.15, -0.1) is 0 Å². The molecular weight excluding hydrogens is 495 g/mol. The predicted octanol–water partition coefficient (Wildman–Crippen LogP) is 7.66. The van der Waals surface area contributed by atoms with Gasteiger partial charge in [-0.1, -0.05) is 56.0 Å². The molecule has 2 atom stereocenters. The van der Waals surface area contributed by atoms with Gasteiger partial charge in [0.05, 0.1) is 11.6 Å². The van der Waals surface area contributed by atoms with Crippen molar-refractivity contribution >= 4 is 29.5 Å². The van der Waals surface area contributed by atoms with Gasteiger partial charge in [0.25, 0.3) is 0 Å². The molecule has 3 heterocycles. The monoisotopic (exact) mass is 516 g/mol. The second-order valence-electron chi connectivity index (χ2n) is 8.46. The summed E-state index contributed by atoms with van der Waals surface area (Å²) in [5.41, 5.74) is 0.124. The molecule has 0 amide bonds. The molecule has 0 saturated carbocycles. The highest BCUT2D eigenvalue weighted by atomic mass is 32.2. The highest BCUT2D eigenvalue weighted by Crippen LogP contribution is 2.42. The molecule has 0 fully saturated rings. The van der Waals surface area contributed by atoms with Crippen molar-refractivity contribution in [2.75, 3.05) is 5.32 Å². The number of benzene rings is 2. The van der Waals surface area contributed by atoms with E-state index in [9.17, 15) is 22.0 Å². The molecule has 0 radical (unpaired) electrons. The molecule has 36 heavy (non-hydrogen) atoms. The van der Waals surface area contributed by atoms with Gasteiger partial charge in [-0.05, 0) is 25.0 Å². The zero-order valence-corrected chi connectivity index (χ0v) is 20.1. The molecular formula is C26H21F5N4S. The van der Waals surface area contributed by atoms with E-state index in [4.69, 9.17) is 0 Å². The van der Waals surface area contributed by atoms with Gasteiger partial charge in [-0.25, -0.2) is 18.7 Å². The summed E-state index contributed by atoms with van der Waals surface area (Å²) in [5, 5.41) is 3.68. The summed E-state index contributed by atoms with van der Waals surface area (Å²) >= 11 is 1.43. The maximum absolute atomic E-state index is 14.6. The molecule has 4 nitrogen and oxygen atoms in total. The fraction of sp³-hybridized carbons (Fsp3) is 0.269.